The van der Waals surface area contributed by atoms with Gasteiger partial charge in [0, 0.05) is 17.3 Å². The zero-order valence-corrected chi connectivity index (χ0v) is 13.1. The molecule has 1 heterocycles. The lowest BCUT2D eigenvalue weighted by molar-refractivity contribution is 0.191. The molecule has 7 heteroatoms. The fraction of sp³-hybridized carbons (Fsp3) is 0.538. The Morgan fingerprint density at radius 1 is 1.50 bits per heavy atom. The van der Waals surface area contributed by atoms with Gasteiger partial charge in [-0.15, -0.1) is 0 Å². The van der Waals surface area contributed by atoms with E-state index in [1.54, 1.807) is 6.92 Å². The molecule has 1 aliphatic heterocycles. The van der Waals surface area contributed by atoms with Crippen molar-refractivity contribution in [2.24, 2.45) is 5.92 Å². The van der Waals surface area contributed by atoms with Crippen molar-refractivity contribution >= 4 is 27.3 Å². The van der Waals surface area contributed by atoms with E-state index in [-0.39, 0.29) is 23.5 Å². The van der Waals surface area contributed by atoms with E-state index in [1.807, 2.05) is 6.92 Å². The maximum Gasteiger partial charge on any atom is 0.243 e. The molecule has 0 aliphatic carbocycles. The molecule has 0 saturated carbocycles. The predicted molar refractivity (Wildman–Crippen MR) is 79.1 cm³/mol. The van der Waals surface area contributed by atoms with E-state index < -0.39 is 10.0 Å². The first-order valence-electron chi connectivity index (χ1n) is 6.47. The zero-order chi connectivity index (χ0) is 15.1. The summed E-state index contributed by atoms with van der Waals surface area (Å²) in [6, 6.07) is 2.56. The van der Waals surface area contributed by atoms with Crippen molar-refractivity contribution in [1.29, 1.82) is 0 Å². The highest BCUT2D eigenvalue weighted by molar-refractivity contribution is 7.89. The smallest absolute Gasteiger partial charge is 0.243 e. The summed E-state index contributed by atoms with van der Waals surface area (Å²) in [7, 11) is -3.70. The Morgan fingerprint density at radius 2 is 2.15 bits per heavy atom. The van der Waals surface area contributed by atoms with E-state index in [9.17, 15) is 13.5 Å². The third-order valence-corrected chi connectivity index (χ3v) is 6.24. The molecule has 20 heavy (non-hydrogen) atoms. The molecule has 0 aromatic heterocycles. The van der Waals surface area contributed by atoms with Gasteiger partial charge in [0.05, 0.1) is 17.5 Å². The average Bonchev–Trinajstić information content (AvgIpc) is 2.75. The molecular weight excluding hydrogens is 300 g/mol. The van der Waals surface area contributed by atoms with Crippen LogP contribution in [-0.2, 0) is 10.0 Å². The molecule has 2 rings (SSSR count). The lowest BCUT2D eigenvalue weighted by atomic mass is 10.0. The van der Waals surface area contributed by atoms with Crippen LogP contribution in [-0.4, -0.2) is 37.0 Å². The van der Waals surface area contributed by atoms with Crippen LogP contribution in [0.2, 0.25) is 5.02 Å². The van der Waals surface area contributed by atoms with Gasteiger partial charge in [0.15, 0.2) is 0 Å². The minimum atomic E-state index is -3.70. The summed E-state index contributed by atoms with van der Waals surface area (Å²) in [6.45, 7) is 3.82. The molecular formula is C13H19ClN2O3S. The van der Waals surface area contributed by atoms with Gasteiger partial charge in [-0.3, -0.25) is 0 Å². The van der Waals surface area contributed by atoms with Gasteiger partial charge in [0.25, 0.3) is 0 Å². The van der Waals surface area contributed by atoms with Crippen molar-refractivity contribution < 1.29 is 13.5 Å². The molecule has 1 saturated heterocycles. The van der Waals surface area contributed by atoms with Gasteiger partial charge in [0.2, 0.25) is 10.0 Å². The first-order valence-corrected chi connectivity index (χ1v) is 8.29. The molecule has 3 N–H and O–H groups in total. The quantitative estimate of drug-likeness (QED) is 0.830. The normalized spacial score (nSPS) is 24.2. The predicted octanol–water partition coefficient (Wildman–Crippen LogP) is 1.62. The van der Waals surface area contributed by atoms with Crippen molar-refractivity contribution in [3.63, 3.8) is 0 Å². The van der Waals surface area contributed by atoms with Crippen LogP contribution in [0.5, 0.6) is 0 Å². The standard InChI is InChI=1S/C13H19ClN2O3S/c1-8-3-4-16(12(8)7-17)20(18,19)13-6-10(14)5-11(15)9(13)2/h5-6,8,12,17H,3-4,7,15H2,1-2H3. The van der Waals surface area contributed by atoms with Crippen LogP contribution in [0.15, 0.2) is 17.0 Å². The van der Waals surface area contributed by atoms with Crippen LogP contribution in [0.25, 0.3) is 0 Å². The monoisotopic (exact) mass is 318 g/mol. The molecule has 0 spiro atoms. The number of anilines is 1. The SMILES string of the molecule is Cc1c(N)cc(Cl)cc1S(=O)(=O)N1CCC(C)C1CO. The van der Waals surface area contributed by atoms with Crippen molar-refractivity contribution in [3.8, 4) is 0 Å². The maximum absolute atomic E-state index is 12.8. The van der Waals surface area contributed by atoms with Gasteiger partial charge < -0.3 is 10.8 Å². The number of benzene rings is 1. The summed E-state index contributed by atoms with van der Waals surface area (Å²) >= 11 is 5.92. The van der Waals surface area contributed by atoms with Crippen molar-refractivity contribution in [2.75, 3.05) is 18.9 Å². The van der Waals surface area contributed by atoms with Crippen LogP contribution in [0.4, 0.5) is 5.69 Å². The van der Waals surface area contributed by atoms with Gasteiger partial charge in [-0.25, -0.2) is 8.42 Å². The first kappa shape index (κ1) is 15.6. The maximum atomic E-state index is 12.8. The van der Waals surface area contributed by atoms with Crippen molar-refractivity contribution in [3.05, 3.63) is 22.7 Å². The molecule has 1 aromatic carbocycles. The number of hydrogen-bond donors (Lipinski definition) is 2. The molecule has 2 unspecified atom stereocenters. The van der Waals surface area contributed by atoms with Crippen LogP contribution in [0.1, 0.15) is 18.9 Å². The van der Waals surface area contributed by atoms with Gasteiger partial charge in [-0.1, -0.05) is 18.5 Å². The molecule has 0 radical (unpaired) electrons. The molecule has 0 amide bonds. The number of rotatable bonds is 3. The summed E-state index contributed by atoms with van der Waals surface area (Å²) in [6.07, 6.45) is 0.736. The second kappa shape index (κ2) is 5.52. The molecule has 2 atom stereocenters. The Bertz CT molecular complexity index is 618. The van der Waals surface area contributed by atoms with Crippen LogP contribution in [0, 0.1) is 12.8 Å². The summed E-state index contributed by atoms with van der Waals surface area (Å²) in [5.74, 6) is 0.131. The van der Waals surface area contributed by atoms with Crippen LogP contribution >= 0.6 is 11.6 Å². The van der Waals surface area contributed by atoms with Crippen LogP contribution in [0.3, 0.4) is 0 Å². The lowest BCUT2D eigenvalue weighted by Crippen LogP contribution is -2.40. The van der Waals surface area contributed by atoms with E-state index in [2.05, 4.69) is 0 Å². The van der Waals surface area contributed by atoms with Gasteiger partial charge in [-0.2, -0.15) is 4.31 Å². The number of sulfonamides is 1. The molecule has 5 nitrogen and oxygen atoms in total. The zero-order valence-electron chi connectivity index (χ0n) is 11.5. The number of halogens is 1. The van der Waals surface area contributed by atoms with E-state index in [0.29, 0.717) is 22.8 Å². The minimum absolute atomic E-state index is 0.120. The molecule has 0 bridgehead atoms. The Morgan fingerprint density at radius 3 is 2.75 bits per heavy atom. The van der Waals surface area contributed by atoms with Crippen molar-refractivity contribution in [1.82, 2.24) is 4.31 Å². The summed E-state index contributed by atoms with van der Waals surface area (Å²) in [4.78, 5) is 0.120. The number of aliphatic hydroxyl groups excluding tert-OH is 1. The summed E-state index contributed by atoms with van der Waals surface area (Å²) < 4.78 is 26.9. The fourth-order valence-electron chi connectivity index (χ4n) is 2.61. The Kier molecular flexibility index (Phi) is 4.30. The fourth-order valence-corrected chi connectivity index (χ4v) is 4.91. The largest absolute Gasteiger partial charge is 0.398 e. The Labute approximate surface area is 124 Å². The number of hydrogen-bond acceptors (Lipinski definition) is 4. The van der Waals surface area contributed by atoms with Crippen molar-refractivity contribution in [2.45, 2.75) is 31.2 Å². The van der Waals surface area contributed by atoms with E-state index in [0.717, 1.165) is 6.42 Å². The number of aliphatic hydroxyl groups is 1. The second-order valence-corrected chi connectivity index (χ2v) is 7.55. The lowest BCUT2D eigenvalue weighted by Gasteiger charge is -2.25. The molecule has 1 aliphatic rings. The molecule has 1 fully saturated rings. The Hall–Kier alpha value is -0.820. The topological polar surface area (TPSA) is 83.6 Å². The highest BCUT2D eigenvalue weighted by atomic mass is 35.5. The van der Waals surface area contributed by atoms with Gasteiger partial charge >= 0.3 is 0 Å². The second-order valence-electron chi connectivity index (χ2n) is 5.25. The molecule has 112 valence electrons. The Balaban J connectivity index is 2.51. The third kappa shape index (κ3) is 2.53. The highest BCUT2D eigenvalue weighted by Gasteiger charge is 2.39. The van der Waals surface area contributed by atoms with E-state index in [1.165, 1.54) is 16.4 Å². The van der Waals surface area contributed by atoms with E-state index in [4.69, 9.17) is 17.3 Å². The third-order valence-electron chi connectivity index (χ3n) is 3.97. The van der Waals surface area contributed by atoms with Gasteiger partial charge in [-0.05, 0) is 37.0 Å². The average molecular weight is 319 g/mol. The summed E-state index contributed by atoms with van der Waals surface area (Å²) in [5.41, 5.74) is 6.64. The number of nitrogens with two attached hydrogens (primary N) is 1. The summed E-state index contributed by atoms with van der Waals surface area (Å²) in [5, 5.41) is 9.73. The van der Waals surface area contributed by atoms with Gasteiger partial charge in [0.1, 0.15) is 0 Å². The highest BCUT2D eigenvalue weighted by Crippen LogP contribution is 2.33. The number of nitrogen functional groups attached to an aromatic ring is 1. The van der Waals surface area contributed by atoms with Crippen LogP contribution < -0.4 is 5.73 Å². The first-order chi connectivity index (χ1) is 9.28. The minimum Gasteiger partial charge on any atom is -0.398 e. The number of nitrogens with zero attached hydrogens (tertiary/aromatic N) is 1. The molecule has 1 aromatic rings. The van der Waals surface area contributed by atoms with E-state index >= 15 is 0 Å².